The first-order valence-corrected chi connectivity index (χ1v) is 7.32. The SMILES string of the molecule is Cc1ccc(C(=O)CSCc2ccc(N)cc2)cc1. The van der Waals surface area contributed by atoms with Crippen LogP contribution in [0.15, 0.2) is 48.5 Å². The van der Waals surface area contributed by atoms with Gasteiger partial charge in [0.15, 0.2) is 5.78 Å². The first-order chi connectivity index (χ1) is 9.15. The summed E-state index contributed by atoms with van der Waals surface area (Å²) in [6, 6.07) is 15.5. The zero-order valence-electron chi connectivity index (χ0n) is 10.9. The second-order valence-electron chi connectivity index (χ2n) is 4.52. The number of carbonyl (C=O) groups is 1. The molecule has 2 aromatic rings. The van der Waals surface area contributed by atoms with Gasteiger partial charge in [-0.25, -0.2) is 0 Å². The van der Waals surface area contributed by atoms with Crippen molar-refractivity contribution < 1.29 is 4.79 Å². The predicted molar refractivity (Wildman–Crippen MR) is 82.5 cm³/mol. The fourth-order valence-corrected chi connectivity index (χ4v) is 2.58. The number of Topliss-reactive ketones (excluding diaryl/α,β-unsaturated/α-hetero) is 1. The number of hydrogen-bond donors (Lipinski definition) is 1. The van der Waals surface area contributed by atoms with Crippen LogP contribution in [0.1, 0.15) is 21.5 Å². The van der Waals surface area contributed by atoms with Gasteiger partial charge in [0.1, 0.15) is 0 Å². The standard InChI is InChI=1S/C16H17NOS/c1-12-2-6-14(7-3-12)16(18)11-19-10-13-4-8-15(17)9-5-13/h2-9H,10-11,17H2,1H3. The molecule has 0 amide bonds. The van der Waals surface area contributed by atoms with E-state index in [0.717, 1.165) is 17.0 Å². The normalized spacial score (nSPS) is 10.4. The highest BCUT2D eigenvalue weighted by Gasteiger charge is 2.05. The largest absolute Gasteiger partial charge is 0.399 e. The molecule has 0 bridgehead atoms. The molecule has 2 nitrogen and oxygen atoms in total. The van der Waals surface area contributed by atoms with E-state index >= 15 is 0 Å². The Kier molecular flexibility index (Phi) is 4.63. The number of nitrogens with two attached hydrogens (primary N) is 1. The Hall–Kier alpha value is -1.74. The summed E-state index contributed by atoms with van der Waals surface area (Å²) in [6.07, 6.45) is 0. The predicted octanol–water partition coefficient (Wildman–Crippen LogP) is 3.69. The maximum absolute atomic E-state index is 12.0. The molecule has 0 saturated heterocycles. The Morgan fingerprint density at radius 1 is 1.05 bits per heavy atom. The number of hydrogen-bond acceptors (Lipinski definition) is 3. The Morgan fingerprint density at radius 3 is 2.32 bits per heavy atom. The molecular formula is C16H17NOS. The summed E-state index contributed by atoms with van der Waals surface area (Å²) in [7, 11) is 0. The first-order valence-electron chi connectivity index (χ1n) is 6.17. The smallest absolute Gasteiger partial charge is 0.172 e. The Morgan fingerprint density at radius 2 is 1.68 bits per heavy atom. The number of aryl methyl sites for hydroxylation is 1. The molecule has 0 aliphatic heterocycles. The van der Waals surface area contributed by atoms with Crippen molar-refractivity contribution in [3.05, 3.63) is 65.2 Å². The van der Waals surface area contributed by atoms with E-state index in [1.165, 1.54) is 11.1 Å². The summed E-state index contributed by atoms with van der Waals surface area (Å²) in [5, 5.41) is 0. The molecule has 0 aromatic heterocycles. The van der Waals surface area contributed by atoms with Gasteiger partial charge in [-0.3, -0.25) is 4.79 Å². The Balaban J connectivity index is 1.84. The van der Waals surface area contributed by atoms with Gasteiger partial charge in [0.05, 0.1) is 5.75 Å². The van der Waals surface area contributed by atoms with Gasteiger partial charge >= 0.3 is 0 Å². The summed E-state index contributed by atoms with van der Waals surface area (Å²) >= 11 is 1.63. The van der Waals surface area contributed by atoms with Gasteiger partial charge in [0, 0.05) is 17.0 Å². The molecule has 2 rings (SSSR count). The van der Waals surface area contributed by atoms with Gasteiger partial charge in [0.2, 0.25) is 0 Å². The van der Waals surface area contributed by atoms with Crippen LogP contribution in [0, 0.1) is 6.92 Å². The average Bonchev–Trinajstić information content (AvgIpc) is 2.41. The van der Waals surface area contributed by atoms with Gasteiger partial charge in [-0.15, -0.1) is 11.8 Å². The quantitative estimate of drug-likeness (QED) is 0.666. The van der Waals surface area contributed by atoms with Crippen LogP contribution in [0.3, 0.4) is 0 Å². The number of anilines is 1. The molecule has 0 unspecified atom stereocenters. The maximum Gasteiger partial charge on any atom is 0.172 e. The highest BCUT2D eigenvalue weighted by molar-refractivity contribution is 7.99. The number of rotatable bonds is 5. The molecule has 0 aliphatic carbocycles. The lowest BCUT2D eigenvalue weighted by atomic mass is 10.1. The summed E-state index contributed by atoms with van der Waals surface area (Å²) in [4.78, 5) is 12.0. The molecule has 2 aromatic carbocycles. The first kappa shape index (κ1) is 13.7. The summed E-state index contributed by atoms with van der Waals surface area (Å²) < 4.78 is 0. The van der Waals surface area contributed by atoms with Crippen molar-refractivity contribution in [1.82, 2.24) is 0 Å². The van der Waals surface area contributed by atoms with Crippen LogP contribution in [0.2, 0.25) is 0 Å². The van der Waals surface area contributed by atoms with Crippen LogP contribution < -0.4 is 5.73 Å². The molecule has 19 heavy (non-hydrogen) atoms. The summed E-state index contributed by atoms with van der Waals surface area (Å²) in [5.74, 6) is 1.52. The fourth-order valence-electron chi connectivity index (χ4n) is 1.70. The van der Waals surface area contributed by atoms with Gasteiger partial charge in [-0.1, -0.05) is 42.0 Å². The molecule has 98 valence electrons. The van der Waals surface area contributed by atoms with E-state index in [9.17, 15) is 4.79 Å². The van der Waals surface area contributed by atoms with E-state index in [1.54, 1.807) is 11.8 Å². The topological polar surface area (TPSA) is 43.1 Å². The van der Waals surface area contributed by atoms with Crippen LogP contribution in [0.5, 0.6) is 0 Å². The summed E-state index contributed by atoms with van der Waals surface area (Å²) in [6.45, 7) is 2.02. The van der Waals surface area contributed by atoms with E-state index in [1.807, 2.05) is 55.5 Å². The third-order valence-electron chi connectivity index (χ3n) is 2.86. The lowest BCUT2D eigenvalue weighted by molar-refractivity contribution is 0.102. The number of benzene rings is 2. The fraction of sp³-hybridized carbons (Fsp3) is 0.188. The molecule has 0 heterocycles. The minimum absolute atomic E-state index is 0.181. The highest BCUT2D eigenvalue weighted by Crippen LogP contribution is 2.15. The molecule has 0 saturated carbocycles. The van der Waals surface area contributed by atoms with Crippen LogP contribution >= 0.6 is 11.8 Å². The maximum atomic E-state index is 12.0. The minimum Gasteiger partial charge on any atom is -0.399 e. The van der Waals surface area contributed by atoms with Gasteiger partial charge in [-0.05, 0) is 24.6 Å². The third kappa shape index (κ3) is 4.14. The van der Waals surface area contributed by atoms with Crippen molar-refractivity contribution >= 4 is 23.2 Å². The molecule has 3 heteroatoms. The molecule has 2 N–H and O–H groups in total. The molecule has 0 aliphatic rings. The lowest BCUT2D eigenvalue weighted by Crippen LogP contribution is -2.02. The molecule has 0 radical (unpaired) electrons. The van der Waals surface area contributed by atoms with Crippen LogP contribution in [-0.2, 0) is 5.75 Å². The second kappa shape index (κ2) is 6.43. The van der Waals surface area contributed by atoms with Gasteiger partial charge in [-0.2, -0.15) is 0 Å². The number of nitrogen functional groups attached to an aromatic ring is 1. The van der Waals surface area contributed by atoms with E-state index < -0.39 is 0 Å². The number of thioether (sulfide) groups is 1. The lowest BCUT2D eigenvalue weighted by Gasteiger charge is -2.03. The zero-order valence-corrected chi connectivity index (χ0v) is 11.7. The Labute approximate surface area is 118 Å². The number of ketones is 1. The van der Waals surface area contributed by atoms with Gasteiger partial charge in [0.25, 0.3) is 0 Å². The van der Waals surface area contributed by atoms with E-state index in [0.29, 0.717) is 5.75 Å². The second-order valence-corrected chi connectivity index (χ2v) is 5.51. The Bertz CT molecular complexity index is 546. The zero-order chi connectivity index (χ0) is 13.7. The van der Waals surface area contributed by atoms with Crippen molar-refractivity contribution in [3.63, 3.8) is 0 Å². The average molecular weight is 271 g/mol. The van der Waals surface area contributed by atoms with Crippen molar-refractivity contribution in [3.8, 4) is 0 Å². The van der Waals surface area contributed by atoms with Crippen LogP contribution in [-0.4, -0.2) is 11.5 Å². The van der Waals surface area contributed by atoms with Crippen molar-refractivity contribution in [2.75, 3.05) is 11.5 Å². The van der Waals surface area contributed by atoms with Crippen LogP contribution in [0.25, 0.3) is 0 Å². The number of carbonyl (C=O) groups excluding carboxylic acids is 1. The monoisotopic (exact) mass is 271 g/mol. The third-order valence-corrected chi connectivity index (χ3v) is 3.86. The molecular weight excluding hydrogens is 254 g/mol. The minimum atomic E-state index is 0.181. The molecule has 0 spiro atoms. The van der Waals surface area contributed by atoms with E-state index in [-0.39, 0.29) is 5.78 Å². The van der Waals surface area contributed by atoms with Crippen molar-refractivity contribution in [1.29, 1.82) is 0 Å². The van der Waals surface area contributed by atoms with E-state index in [4.69, 9.17) is 5.73 Å². The van der Waals surface area contributed by atoms with Gasteiger partial charge < -0.3 is 5.73 Å². The molecule has 0 atom stereocenters. The highest BCUT2D eigenvalue weighted by atomic mass is 32.2. The van der Waals surface area contributed by atoms with Crippen molar-refractivity contribution in [2.24, 2.45) is 0 Å². The van der Waals surface area contributed by atoms with E-state index in [2.05, 4.69) is 0 Å². The van der Waals surface area contributed by atoms with Crippen LogP contribution in [0.4, 0.5) is 5.69 Å². The van der Waals surface area contributed by atoms with Crippen molar-refractivity contribution in [2.45, 2.75) is 12.7 Å². The molecule has 0 fully saturated rings. The summed E-state index contributed by atoms with van der Waals surface area (Å²) in [5.41, 5.74) is 9.55.